The minimum absolute atomic E-state index is 0.0990. The average Bonchev–Trinajstić information content (AvgIpc) is 2.61. The summed E-state index contributed by atoms with van der Waals surface area (Å²) in [5.41, 5.74) is 1.53. The molecule has 0 spiro atoms. The largest absolute Gasteiger partial charge is 0.324 e. The summed E-state index contributed by atoms with van der Waals surface area (Å²) in [7, 11) is 3.05. The summed E-state index contributed by atoms with van der Waals surface area (Å²) in [5, 5.41) is 6.21. The van der Waals surface area contributed by atoms with E-state index in [0.29, 0.717) is 0 Å². The number of benzene rings is 2. The molecule has 0 aromatic heterocycles. The molecule has 0 heterocycles. The van der Waals surface area contributed by atoms with Gasteiger partial charge in [-0.2, -0.15) is 0 Å². The van der Waals surface area contributed by atoms with Crippen molar-refractivity contribution in [2.75, 3.05) is 21.3 Å². The van der Waals surface area contributed by atoms with Gasteiger partial charge in [0.25, 0.3) is 0 Å². The molecule has 4 nitrogen and oxygen atoms in total. The van der Waals surface area contributed by atoms with Crippen LogP contribution < -0.4 is 10.6 Å². The molecule has 0 bridgehead atoms. The number of alkyl halides is 2. The number of amides is 2. The van der Waals surface area contributed by atoms with Crippen LogP contribution in [0.25, 0.3) is 0 Å². The molecule has 24 heavy (non-hydrogen) atoms. The monoisotopic (exact) mass is 488 g/mol. The van der Waals surface area contributed by atoms with Crippen molar-refractivity contribution in [3.8, 4) is 0 Å². The number of carbonyl (C=O) groups is 2. The molecule has 2 aromatic rings. The highest BCUT2D eigenvalue weighted by Crippen LogP contribution is 2.43. The van der Waals surface area contributed by atoms with E-state index in [9.17, 15) is 9.59 Å². The molecule has 2 amide bonds. The van der Waals surface area contributed by atoms with Crippen LogP contribution in [0.4, 0.5) is 11.4 Å². The van der Waals surface area contributed by atoms with Crippen molar-refractivity contribution in [2.45, 2.75) is 9.79 Å². The molecule has 0 aliphatic heterocycles. The fraction of sp³-hybridized carbons (Fsp3) is 0.125. The van der Waals surface area contributed by atoms with Gasteiger partial charge < -0.3 is 10.6 Å². The van der Waals surface area contributed by atoms with Crippen molar-refractivity contribution < 1.29 is 9.59 Å². The smallest absolute Gasteiger partial charge is 0.235 e. The summed E-state index contributed by atoms with van der Waals surface area (Å²) >= 11 is 6.29. The van der Waals surface area contributed by atoms with E-state index in [1.54, 1.807) is 0 Å². The zero-order valence-corrected chi connectivity index (χ0v) is 17.2. The Morgan fingerprint density at radius 1 is 0.750 bits per heavy atom. The zero-order chi connectivity index (χ0) is 17.4. The summed E-state index contributed by atoms with van der Waals surface area (Å²) in [6.45, 7) is 0. The average molecular weight is 490 g/mol. The third kappa shape index (κ3) is 5.84. The van der Waals surface area contributed by atoms with Crippen LogP contribution in [0, 0.1) is 0 Å². The van der Waals surface area contributed by atoms with E-state index >= 15 is 0 Å². The number of anilines is 2. The van der Waals surface area contributed by atoms with Gasteiger partial charge in [-0.05, 0) is 24.3 Å². The Morgan fingerprint density at radius 3 is 1.50 bits per heavy atom. The molecule has 0 aliphatic rings. The van der Waals surface area contributed by atoms with Crippen molar-refractivity contribution in [3.63, 3.8) is 0 Å². The number of rotatable bonds is 7. The zero-order valence-electron chi connectivity index (χ0n) is 12.4. The van der Waals surface area contributed by atoms with Gasteiger partial charge in [0.05, 0.1) is 22.0 Å². The molecule has 0 atom stereocenters. The van der Waals surface area contributed by atoms with E-state index in [2.05, 4.69) is 42.5 Å². The molecule has 0 radical (unpaired) electrons. The predicted octanol–water partition coefficient (Wildman–Crippen LogP) is 5.15. The third-order valence-electron chi connectivity index (χ3n) is 2.79. The molecule has 2 rings (SSSR count). The SMILES string of the molecule is O=C(CBr)Nc1ccccc1SSc1ccccc1NC(=O)CBr. The first-order valence-electron chi connectivity index (χ1n) is 6.88. The van der Waals surface area contributed by atoms with Crippen molar-refractivity contribution >= 4 is 76.6 Å². The van der Waals surface area contributed by atoms with Crippen molar-refractivity contribution in [2.24, 2.45) is 0 Å². The molecule has 0 fully saturated rings. The molecular weight excluding hydrogens is 476 g/mol. The Bertz CT molecular complexity index is 667. The quantitative estimate of drug-likeness (QED) is 0.417. The summed E-state index contributed by atoms with van der Waals surface area (Å²) in [5.74, 6) is -0.198. The molecule has 0 saturated carbocycles. The van der Waals surface area contributed by atoms with Gasteiger partial charge in [-0.15, -0.1) is 0 Å². The maximum Gasteiger partial charge on any atom is 0.235 e. The predicted molar refractivity (Wildman–Crippen MR) is 109 cm³/mol. The van der Waals surface area contributed by atoms with Crippen molar-refractivity contribution in [3.05, 3.63) is 48.5 Å². The number of hydrogen-bond donors (Lipinski definition) is 2. The topological polar surface area (TPSA) is 58.2 Å². The molecule has 2 N–H and O–H groups in total. The highest BCUT2D eigenvalue weighted by atomic mass is 79.9. The number of carbonyl (C=O) groups excluding carboxylic acids is 2. The standard InChI is InChI=1S/C16H14Br2N2O2S2/c17-9-15(21)19-11-5-1-3-7-13(11)23-24-14-8-4-2-6-12(14)20-16(22)10-18/h1-8H,9-10H2,(H,19,21)(H,20,22). The molecule has 0 aliphatic carbocycles. The van der Waals surface area contributed by atoms with Gasteiger partial charge in [-0.3, -0.25) is 9.59 Å². The van der Waals surface area contributed by atoms with Crippen molar-refractivity contribution in [1.29, 1.82) is 0 Å². The van der Waals surface area contributed by atoms with Crippen molar-refractivity contribution in [1.82, 2.24) is 0 Å². The summed E-state index contributed by atoms with van der Waals surface area (Å²) in [6.07, 6.45) is 0. The first-order valence-corrected chi connectivity index (χ1v) is 11.3. The van der Waals surface area contributed by atoms with E-state index < -0.39 is 0 Å². The summed E-state index contributed by atoms with van der Waals surface area (Å²) in [6, 6.07) is 15.2. The Balaban J connectivity index is 2.11. The maximum absolute atomic E-state index is 11.6. The lowest BCUT2D eigenvalue weighted by Crippen LogP contribution is -2.13. The lowest BCUT2D eigenvalue weighted by molar-refractivity contribution is -0.114. The van der Waals surface area contributed by atoms with Gasteiger partial charge >= 0.3 is 0 Å². The van der Waals surface area contributed by atoms with Gasteiger partial charge in [0.1, 0.15) is 0 Å². The minimum atomic E-state index is -0.0990. The van der Waals surface area contributed by atoms with E-state index in [1.165, 1.54) is 21.6 Å². The highest BCUT2D eigenvalue weighted by molar-refractivity contribution is 9.09. The molecule has 0 saturated heterocycles. The van der Waals surface area contributed by atoms with E-state index in [-0.39, 0.29) is 22.5 Å². The van der Waals surface area contributed by atoms with Gasteiger partial charge in [0.15, 0.2) is 0 Å². The number of nitrogens with one attached hydrogen (secondary N) is 2. The molecule has 2 aromatic carbocycles. The molecule has 0 unspecified atom stereocenters. The molecule has 8 heteroatoms. The van der Waals surface area contributed by atoms with Gasteiger partial charge in [-0.25, -0.2) is 0 Å². The van der Waals surface area contributed by atoms with Crippen LogP contribution in [-0.2, 0) is 9.59 Å². The van der Waals surface area contributed by atoms with Crippen LogP contribution in [0.3, 0.4) is 0 Å². The van der Waals surface area contributed by atoms with Gasteiger partial charge in [0.2, 0.25) is 11.8 Å². The van der Waals surface area contributed by atoms with Gasteiger partial charge in [0, 0.05) is 9.79 Å². The van der Waals surface area contributed by atoms with E-state index in [1.807, 2.05) is 48.5 Å². The van der Waals surface area contributed by atoms with E-state index in [0.717, 1.165) is 21.2 Å². The lowest BCUT2D eigenvalue weighted by Gasteiger charge is -2.12. The normalized spacial score (nSPS) is 10.2. The second-order valence-electron chi connectivity index (χ2n) is 4.52. The summed E-state index contributed by atoms with van der Waals surface area (Å²) in [4.78, 5) is 25.1. The van der Waals surface area contributed by atoms with Crippen LogP contribution in [0.5, 0.6) is 0 Å². The molecular formula is C16H14Br2N2O2S2. The second kappa shape index (κ2) is 10.1. The van der Waals surface area contributed by atoms with Crippen LogP contribution >= 0.6 is 53.4 Å². The number of hydrogen-bond acceptors (Lipinski definition) is 4. The Hall–Kier alpha value is -0.960. The lowest BCUT2D eigenvalue weighted by atomic mass is 10.3. The first-order chi connectivity index (χ1) is 11.6. The van der Waals surface area contributed by atoms with Crippen LogP contribution in [0.15, 0.2) is 58.3 Å². The third-order valence-corrected chi connectivity index (χ3v) is 6.29. The van der Waals surface area contributed by atoms with Crippen LogP contribution in [0.2, 0.25) is 0 Å². The minimum Gasteiger partial charge on any atom is -0.324 e. The Labute approximate surface area is 165 Å². The Morgan fingerprint density at radius 2 is 1.12 bits per heavy atom. The maximum atomic E-state index is 11.6. The Kier molecular flexibility index (Phi) is 8.17. The fourth-order valence-electron chi connectivity index (χ4n) is 1.74. The highest BCUT2D eigenvalue weighted by Gasteiger charge is 2.10. The fourth-order valence-corrected chi connectivity index (χ4v) is 4.30. The number of halogens is 2. The van der Waals surface area contributed by atoms with Crippen LogP contribution in [0.1, 0.15) is 0 Å². The van der Waals surface area contributed by atoms with Crippen LogP contribution in [-0.4, -0.2) is 22.5 Å². The summed E-state index contributed by atoms with van der Waals surface area (Å²) < 4.78 is 0. The second-order valence-corrected chi connectivity index (χ2v) is 7.86. The van der Waals surface area contributed by atoms with E-state index in [4.69, 9.17) is 0 Å². The first kappa shape index (κ1) is 19.4. The molecule has 126 valence electrons. The van der Waals surface area contributed by atoms with Gasteiger partial charge in [-0.1, -0.05) is 77.7 Å². The number of para-hydroxylation sites is 2.